The van der Waals surface area contributed by atoms with Crippen LogP contribution >= 0.6 is 0 Å². The molecule has 0 spiro atoms. The van der Waals surface area contributed by atoms with Crippen LogP contribution in [0.15, 0.2) is 29.2 Å². The number of aromatic carboxylic acids is 1. The van der Waals surface area contributed by atoms with Gasteiger partial charge in [0.1, 0.15) is 5.56 Å². The van der Waals surface area contributed by atoms with Crippen LogP contribution in [0.4, 0.5) is 0 Å². The number of hydrogen-bond acceptors (Lipinski definition) is 3. The van der Waals surface area contributed by atoms with Gasteiger partial charge in [0.2, 0.25) is 5.43 Å². The molecule has 2 aromatic rings. The molecule has 4 N–H and O–H groups in total. The standard InChI is InChI=1S/C13H10N2O3/c14-5-1-2-8-3-4-11-9(6-8)12(16)10(7-15-11)13(17)18/h3-4,6-7H,5,14H2,(H,15,16)(H,17,18). The highest BCUT2D eigenvalue weighted by Gasteiger charge is 2.11. The molecule has 0 atom stereocenters. The van der Waals surface area contributed by atoms with Crippen LogP contribution in [0.1, 0.15) is 15.9 Å². The fourth-order valence-corrected chi connectivity index (χ4v) is 1.61. The van der Waals surface area contributed by atoms with Gasteiger partial charge in [0, 0.05) is 22.7 Å². The van der Waals surface area contributed by atoms with Crippen LogP contribution in [0.3, 0.4) is 0 Å². The van der Waals surface area contributed by atoms with E-state index in [1.54, 1.807) is 18.2 Å². The monoisotopic (exact) mass is 242 g/mol. The highest BCUT2D eigenvalue weighted by atomic mass is 16.4. The first-order valence-electron chi connectivity index (χ1n) is 5.21. The van der Waals surface area contributed by atoms with Crippen molar-refractivity contribution in [2.75, 3.05) is 6.54 Å². The van der Waals surface area contributed by atoms with Gasteiger partial charge >= 0.3 is 5.97 Å². The topological polar surface area (TPSA) is 96.2 Å². The fraction of sp³-hybridized carbons (Fsp3) is 0.0769. The second-order valence-corrected chi connectivity index (χ2v) is 3.60. The molecule has 0 aliphatic heterocycles. The van der Waals surface area contributed by atoms with Crippen molar-refractivity contribution < 1.29 is 9.90 Å². The molecular formula is C13H10N2O3. The van der Waals surface area contributed by atoms with Gasteiger partial charge in [-0.05, 0) is 18.2 Å². The van der Waals surface area contributed by atoms with Crippen LogP contribution in [0.5, 0.6) is 0 Å². The minimum absolute atomic E-state index is 0.226. The molecule has 2 rings (SSSR count). The summed E-state index contributed by atoms with van der Waals surface area (Å²) in [5.41, 5.74) is 5.66. The Hall–Kier alpha value is -2.58. The van der Waals surface area contributed by atoms with Gasteiger partial charge in [-0.15, -0.1) is 0 Å². The molecule has 18 heavy (non-hydrogen) atoms. The lowest BCUT2D eigenvalue weighted by atomic mass is 10.1. The largest absolute Gasteiger partial charge is 0.477 e. The first kappa shape index (κ1) is 11.9. The molecule has 0 amide bonds. The van der Waals surface area contributed by atoms with Gasteiger partial charge in [-0.3, -0.25) is 4.79 Å². The molecule has 0 aliphatic rings. The Bertz CT molecular complexity index is 735. The number of hydrogen-bond donors (Lipinski definition) is 3. The zero-order valence-corrected chi connectivity index (χ0v) is 9.36. The predicted molar refractivity (Wildman–Crippen MR) is 67.5 cm³/mol. The van der Waals surface area contributed by atoms with Crippen LogP contribution in [0.25, 0.3) is 10.9 Å². The summed E-state index contributed by atoms with van der Waals surface area (Å²) in [7, 11) is 0. The molecule has 90 valence electrons. The number of pyridine rings is 1. The van der Waals surface area contributed by atoms with Crippen molar-refractivity contribution >= 4 is 16.9 Å². The SMILES string of the molecule is NCC#Cc1ccc2[nH]cc(C(=O)O)c(=O)c2c1. The van der Waals surface area contributed by atoms with Gasteiger partial charge < -0.3 is 15.8 Å². The molecule has 0 fully saturated rings. The molecule has 0 bridgehead atoms. The van der Waals surface area contributed by atoms with E-state index >= 15 is 0 Å². The summed E-state index contributed by atoms with van der Waals surface area (Å²) in [6.45, 7) is 0.226. The second-order valence-electron chi connectivity index (χ2n) is 3.60. The molecule has 1 heterocycles. The molecule has 0 saturated heterocycles. The number of carbonyl (C=O) groups is 1. The van der Waals surface area contributed by atoms with E-state index < -0.39 is 11.4 Å². The highest BCUT2D eigenvalue weighted by molar-refractivity contribution is 5.92. The summed E-state index contributed by atoms with van der Waals surface area (Å²) in [5, 5.41) is 9.18. The Balaban J connectivity index is 2.70. The normalized spacial score (nSPS) is 9.83. The quantitative estimate of drug-likeness (QED) is 0.636. The van der Waals surface area contributed by atoms with Crippen LogP contribution in [-0.2, 0) is 0 Å². The summed E-state index contributed by atoms with van der Waals surface area (Å²) >= 11 is 0. The van der Waals surface area contributed by atoms with E-state index in [9.17, 15) is 9.59 Å². The van der Waals surface area contributed by atoms with Gasteiger partial charge in [0.25, 0.3) is 0 Å². The summed E-state index contributed by atoms with van der Waals surface area (Å²) in [5.74, 6) is 4.22. The maximum absolute atomic E-state index is 11.9. The van der Waals surface area contributed by atoms with E-state index in [1.807, 2.05) is 0 Å². The zero-order valence-electron chi connectivity index (χ0n) is 9.36. The Morgan fingerprint density at radius 1 is 1.44 bits per heavy atom. The molecule has 1 aromatic carbocycles. The number of carboxylic acids is 1. The third-order valence-corrected chi connectivity index (χ3v) is 2.45. The number of aromatic amines is 1. The Kier molecular flexibility index (Phi) is 3.13. The van der Waals surface area contributed by atoms with Crippen molar-refractivity contribution in [2.45, 2.75) is 0 Å². The number of rotatable bonds is 1. The lowest BCUT2D eigenvalue weighted by Gasteiger charge is -2.00. The number of carboxylic acid groups (broad SMARTS) is 1. The van der Waals surface area contributed by atoms with Crippen molar-refractivity contribution in [2.24, 2.45) is 5.73 Å². The minimum atomic E-state index is -1.25. The fourth-order valence-electron chi connectivity index (χ4n) is 1.61. The Labute approximate surface area is 102 Å². The highest BCUT2D eigenvalue weighted by Crippen LogP contribution is 2.10. The lowest BCUT2D eigenvalue weighted by molar-refractivity contribution is 0.0695. The molecule has 5 nitrogen and oxygen atoms in total. The average Bonchev–Trinajstić information content (AvgIpc) is 2.36. The van der Waals surface area contributed by atoms with Crippen LogP contribution in [0.2, 0.25) is 0 Å². The first-order chi connectivity index (χ1) is 8.63. The molecule has 0 radical (unpaired) electrons. The predicted octanol–water partition coefficient (Wildman–Crippen LogP) is 0.536. The first-order valence-corrected chi connectivity index (χ1v) is 5.21. The van der Waals surface area contributed by atoms with Crippen molar-refractivity contribution in [1.29, 1.82) is 0 Å². The minimum Gasteiger partial charge on any atom is -0.477 e. The summed E-state index contributed by atoms with van der Waals surface area (Å²) in [6, 6.07) is 4.98. The van der Waals surface area contributed by atoms with E-state index in [-0.39, 0.29) is 12.1 Å². The van der Waals surface area contributed by atoms with Gasteiger partial charge in [-0.1, -0.05) is 11.8 Å². The maximum atomic E-state index is 11.9. The van der Waals surface area contributed by atoms with Crippen molar-refractivity contribution in [3.05, 3.63) is 45.7 Å². The number of nitrogens with one attached hydrogen (secondary N) is 1. The van der Waals surface area contributed by atoms with E-state index in [0.29, 0.717) is 16.5 Å². The van der Waals surface area contributed by atoms with Gasteiger partial charge in [-0.25, -0.2) is 4.79 Å². The van der Waals surface area contributed by atoms with E-state index in [0.717, 1.165) is 0 Å². The van der Waals surface area contributed by atoms with Crippen molar-refractivity contribution in [3.8, 4) is 11.8 Å². The molecular weight excluding hydrogens is 232 g/mol. The van der Waals surface area contributed by atoms with Crippen molar-refractivity contribution in [3.63, 3.8) is 0 Å². The third-order valence-electron chi connectivity index (χ3n) is 2.45. The third kappa shape index (κ3) is 2.10. The Morgan fingerprint density at radius 2 is 2.22 bits per heavy atom. The van der Waals surface area contributed by atoms with E-state index in [4.69, 9.17) is 10.8 Å². The van der Waals surface area contributed by atoms with E-state index in [2.05, 4.69) is 16.8 Å². The van der Waals surface area contributed by atoms with Gasteiger partial charge in [0.05, 0.1) is 6.54 Å². The van der Waals surface area contributed by atoms with Gasteiger partial charge in [-0.2, -0.15) is 0 Å². The van der Waals surface area contributed by atoms with Crippen molar-refractivity contribution in [1.82, 2.24) is 4.98 Å². The number of H-pyrrole nitrogens is 1. The maximum Gasteiger partial charge on any atom is 0.341 e. The molecule has 0 aliphatic carbocycles. The van der Waals surface area contributed by atoms with Gasteiger partial charge in [0.15, 0.2) is 0 Å². The molecule has 0 unspecified atom stereocenters. The smallest absolute Gasteiger partial charge is 0.341 e. The van der Waals surface area contributed by atoms with E-state index in [1.165, 1.54) is 6.20 Å². The average molecular weight is 242 g/mol. The van der Waals surface area contributed by atoms with Crippen LogP contribution in [0, 0.1) is 11.8 Å². The summed E-state index contributed by atoms with van der Waals surface area (Å²) < 4.78 is 0. The zero-order chi connectivity index (χ0) is 13.1. The molecule has 5 heteroatoms. The van der Waals surface area contributed by atoms with Crippen LogP contribution in [-0.4, -0.2) is 22.6 Å². The number of nitrogens with two attached hydrogens (primary N) is 1. The molecule has 1 aromatic heterocycles. The lowest BCUT2D eigenvalue weighted by Crippen LogP contribution is -2.15. The molecule has 0 saturated carbocycles. The number of fused-ring (bicyclic) bond motifs is 1. The second kappa shape index (κ2) is 4.73. The summed E-state index contributed by atoms with van der Waals surface area (Å²) in [4.78, 5) is 25.6. The number of aromatic nitrogens is 1. The van der Waals surface area contributed by atoms with Crippen LogP contribution < -0.4 is 11.2 Å². The number of benzene rings is 1. The summed E-state index contributed by atoms with van der Waals surface area (Å²) in [6.07, 6.45) is 1.19. The Morgan fingerprint density at radius 3 is 2.89 bits per heavy atom.